The highest BCUT2D eigenvalue weighted by Gasteiger charge is 2.06. The third-order valence-electron chi connectivity index (χ3n) is 1.66. The number of carbonyl (C=O) groups is 1. The number of rotatable bonds is 1. The highest BCUT2D eigenvalue weighted by Crippen LogP contribution is 1.95. The van der Waals surface area contributed by atoms with E-state index in [1.807, 2.05) is 0 Å². The van der Waals surface area contributed by atoms with E-state index in [4.69, 9.17) is 5.73 Å². The zero-order valence-electron chi connectivity index (χ0n) is 6.27. The summed E-state index contributed by atoms with van der Waals surface area (Å²) in [7, 11) is 0. The van der Waals surface area contributed by atoms with Crippen molar-refractivity contribution < 1.29 is 4.79 Å². The van der Waals surface area contributed by atoms with Gasteiger partial charge in [0.1, 0.15) is 0 Å². The first kappa shape index (κ1) is 6.97. The third kappa shape index (κ3) is 0.972. The molecule has 0 aliphatic carbocycles. The maximum atomic E-state index is 10.3. The van der Waals surface area contributed by atoms with Crippen LogP contribution in [0.5, 0.6) is 0 Å². The van der Waals surface area contributed by atoms with Gasteiger partial charge in [0, 0.05) is 5.69 Å². The molecule has 60 valence electrons. The number of nitrogen functional groups attached to an aromatic ring is 1. The Morgan fingerprint density at radius 3 is 2.83 bits per heavy atom. The molecule has 1 unspecified atom stereocenters. The van der Waals surface area contributed by atoms with E-state index in [0.717, 1.165) is 5.36 Å². The zero-order chi connectivity index (χ0) is 8.55. The summed E-state index contributed by atoms with van der Waals surface area (Å²) in [5.74, 6) is 0. The lowest BCUT2D eigenvalue weighted by atomic mass is 10.3. The first-order valence-corrected chi connectivity index (χ1v) is 3.56. The van der Waals surface area contributed by atoms with Crippen LogP contribution in [-0.2, 0) is 4.79 Å². The van der Waals surface area contributed by atoms with Crippen LogP contribution in [0.1, 0.15) is 0 Å². The topological polar surface area (TPSA) is 67.8 Å². The number of hydrogen-bond acceptors (Lipinski definition) is 4. The minimum absolute atomic E-state index is 0.568. The molecule has 1 aliphatic heterocycles. The second kappa shape index (κ2) is 2.41. The van der Waals surface area contributed by atoms with Gasteiger partial charge >= 0.3 is 0 Å². The summed E-state index contributed by atoms with van der Waals surface area (Å²) in [6.45, 7) is 0. The van der Waals surface area contributed by atoms with Crippen molar-refractivity contribution in [1.82, 2.24) is 0 Å². The van der Waals surface area contributed by atoms with Crippen molar-refractivity contribution in [3.8, 4) is 0 Å². The second-order valence-corrected chi connectivity index (χ2v) is 2.56. The molecule has 0 spiro atoms. The lowest BCUT2D eigenvalue weighted by molar-refractivity contribution is -0.108. The minimum atomic E-state index is -0.568. The summed E-state index contributed by atoms with van der Waals surface area (Å²) < 4.78 is 0. The van der Waals surface area contributed by atoms with Crippen LogP contribution >= 0.6 is 0 Å². The molecule has 0 fully saturated rings. The van der Waals surface area contributed by atoms with Gasteiger partial charge in [0.2, 0.25) is 0 Å². The van der Waals surface area contributed by atoms with Crippen LogP contribution in [0, 0.1) is 0 Å². The number of carbonyl (C=O) groups excluding carboxylic acids is 1. The van der Waals surface area contributed by atoms with Gasteiger partial charge in [-0.1, -0.05) is 0 Å². The van der Waals surface area contributed by atoms with Crippen LogP contribution in [0.15, 0.2) is 28.2 Å². The average molecular weight is 161 g/mol. The summed E-state index contributed by atoms with van der Waals surface area (Å²) >= 11 is 0. The van der Waals surface area contributed by atoms with Gasteiger partial charge in [-0.3, -0.25) is 4.79 Å². The van der Waals surface area contributed by atoms with E-state index < -0.39 is 6.17 Å². The molecular formula is C8H7N3O. The molecular weight excluding hydrogens is 154 g/mol. The maximum Gasteiger partial charge on any atom is 0.196 e. The number of aldehydes is 1. The summed E-state index contributed by atoms with van der Waals surface area (Å²) in [6.07, 6.45) is 0.137. The molecule has 1 heterocycles. The van der Waals surface area contributed by atoms with Crippen LogP contribution in [0.3, 0.4) is 0 Å². The van der Waals surface area contributed by atoms with Crippen LogP contribution in [0.4, 0.5) is 5.69 Å². The van der Waals surface area contributed by atoms with Gasteiger partial charge in [-0.25, -0.2) is 9.98 Å². The first-order valence-electron chi connectivity index (χ1n) is 3.56. The lowest BCUT2D eigenvalue weighted by Crippen LogP contribution is -2.21. The Bertz CT molecular complexity index is 438. The van der Waals surface area contributed by atoms with Crippen LogP contribution in [0.2, 0.25) is 0 Å². The van der Waals surface area contributed by atoms with Crippen molar-refractivity contribution in [2.45, 2.75) is 6.17 Å². The molecule has 12 heavy (non-hydrogen) atoms. The zero-order valence-corrected chi connectivity index (χ0v) is 6.27. The second-order valence-electron chi connectivity index (χ2n) is 2.56. The number of anilines is 1. The maximum absolute atomic E-state index is 10.3. The number of hydrogen-bond donors (Lipinski definition) is 1. The van der Waals surface area contributed by atoms with Crippen molar-refractivity contribution in [3.63, 3.8) is 0 Å². The molecule has 0 amide bonds. The van der Waals surface area contributed by atoms with Crippen molar-refractivity contribution in [1.29, 1.82) is 0 Å². The molecule has 0 saturated carbocycles. The average Bonchev–Trinajstić information content (AvgIpc) is 2.46. The molecule has 2 rings (SSSR count). The molecule has 0 saturated heterocycles. The normalized spacial score (nSPS) is 19.2. The first-order chi connectivity index (χ1) is 5.79. The molecule has 2 N–H and O–H groups in total. The Hall–Kier alpha value is -1.71. The van der Waals surface area contributed by atoms with Gasteiger partial charge in [-0.05, 0) is 18.2 Å². The monoisotopic (exact) mass is 161 g/mol. The lowest BCUT2D eigenvalue weighted by Gasteiger charge is -1.86. The molecule has 1 aliphatic rings. The number of nitrogens with zero attached hydrogens (tertiary/aromatic N) is 2. The molecule has 1 aromatic rings. The highest BCUT2D eigenvalue weighted by atomic mass is 16.1. The Kier molecular flexibility index (Phi) is 1.40. The van der Waals surface area contributed by atoms with E-state index in [0.29, 0.717) is 17.3 Å². The predicted octanol–water partition coefficient (Wildman–Crippen LogP) is -0.953. The number of fused-ring (bicyclic) bond motifs is 1. The molecule has 0 bridgehead atoms. The third-order valence-corrected chi connectivity index (χ3v) is 1.66. The molecule has 0 aromatic heterocycles. The van der Waals surface area contributed by atoms with Crippen LogP contribution < -0.4 is 16.4 Å². The van der Waals surface area contributed by atoms with E-state index in [2.05, 4.69) is 9.98 Å². The van der Waals surface area contributed by atoms with Crippen molar-refractivity contribution in [2.75, 3.05) is 5.73 Å². The summed E-state index contributed by atoms with van der Waals surface area (Å²) in [4.78, 5) is 18.4. The van der Waals surface area contributed by atoms with Gasteiger partial charge in [0.05, 0.1) is 10.7 Å². The standard InChI is InChI=1S/C8H7N3O/c9-5-1-2-6-7(3-5)11-8(4-12)10-6/h1-4,8H,9H2. The van der Waals surface area contributed by atoms with Gasteiger partial charge in [0.25, 0.3) is 0 Å². The van der Waals surface area contributed by atoms with E-state index in [-0.39, 0.29) is 0 Å². The van der Waals surface area contributed by atoms with Crippen molar-refractivity contribution in [2.24, 2.45) is 9.98 Å². The van der Waals surface area contributed by atoms with E-state index in [1.165, 1.54) is 0 Å². The fourth-order valence-corrected chi connectivity index (χ4v) is 1.13. The summed E-state index contributed by atoms with van der Waals surface area (Å²) in [6, 6.07) is 5.21. The molecule has 1 aromatic carbocycles. The predicted molar refractivity (Wildman–Crippen MR) is 43.0 cm³/mol. The Morgan fingerprint density at radius 2 is 2.08 bits per heavy atom. The molecule has 4 heteroatoms. The Morgan fingerprint density at radius 1 is 1.33 bits per heavy atom. The van der Waals surface area contributed by atoms with E-state index in [1.54, 1.807) is 18.2 Å². The molecule has 4 nitrogen and oxygen atoms in total. The van der Waals surface area contributed by atoms with E-state index in [9.17, 15) is 4.79 Å². The largest absolute Gasteiger partial charge is 0.399 e. The number of nitrogens with two attached hydrogens (primary N) is 1. The molecule has 0 radical (unpaired) electrons. The fourth-order valence-electron chi connectivity index (χ4n) is 1.13. The Labute approximate surface area is 68.4 Å². The van der Waals surface area contributed by atoms with Crippen molar-refractivity contribution >= 4 is 12.0 Å². The highest BCUT2D eigenvalue weighted by molar-refractivity contribution is 5.58. The van der Waals surface area contributed by atoms with Gasteiger partial charge < -0.3 is 5.73 Å². The SMILES string of the molecule is Nc1ccc2c(c1)=NC(C=O)N=2. The Balaban J connectivity index is 2.69. The number of benzene rings is 1. The van der Waals surface area contributed by atoms with Crippen LogP contribution in [0.25, 0.3) is 0 Å². The molecule has 1 atom stereocenters. The van der Waals surface area contributed by atoms with Crippen molar-refractivity contribution in [3.05, 3.63) is 28.9 Å². The van der Waals surface area contributed by atoms with Gasteiger partial charge in [-0.15, -0.1) is 0 Å². The van der Waals surface area contributed by atoms with Gasteiger partial charge in [-0.2, -0.15) is 0 Å². The minimum Gasteiger partial charge on any atom is -0.399 e. The van der Waals surface area contributed by atoms with E-state index >= 15 is 0 Å². The smallest absolute Gasteiger partial charge is 0.196 e. The van der Waals surface area contributed by atoms with Crippen LogP contribution in [-0.4, -0.2) is 12.5 Å². The summed E-state index contributed by atoms with van der Waals surface area (Å²) in [5.41, 5.74) is 6.17. The quantitative estimate of drug-likeness (QED) is 0.426. The summed E-state index contributed by atoms with van der Waals surface area (Å²) in [5, 5.41) is 1.44. The van der Waals surface area contributed by atoms with Gasteiger partial charge in [0.15, 0.2) is 12.5 Å². The fraction of sp³-hybridized carbons (Fsp3) is 0.125.